The second kappa shape index (κ2) is 4.63. The third-order valence-electron chi connectivity index (χ3n) is 3.25. The lowest BCUT2D eigenvalue weighted by Gasteiger charge is -2.44. The van der Waals surface area contributed by atoms with Crippen molar-refractivity contribution in [2.24, 2.45) is 5.73 Å². The Morgan fingerprint density at radius 2 is 2.29 bits per heavy atom. The lowest BCUT2D eigenvalue weighted by Crippen LogP contribution is -2.53. The van der Waals surface area contributed by atoms with Crippen molar-refractivity contribution in [2.45, 2.75) is 32.9 Å². The summed E-state index contributed by atoms with van der Waals surface area (Å²) in [6.07, 6.45) is 1.89. The molecule has 17 heavy (non-hydrogen) atoms. The van der Waals surface area contributed by atoms with E-state index in [1.54, 1.807) is 0 Å². The van der Waals surface area contributed by atoms with E-state index in [-0.39, 0.29) is 5.54 Å². The number of hydrogen-bond acceptors (Lipinski definition) is 4. The van der Waals surface area contributed by atoms with Crippen molar-refractivity contribution < 1.29 is 4.74 Å². The van der Waals surface area contributed by atoms with E-state index in [9.17, 15) is 0 Å². The molecular weight excluding hydrogens is 214 g/mol. The van der Waals surface area contributed by atoms with Crippen LogP contribution in [-0.2, 0) is 11.3 Å². The molecule has 1 aromatic rings. The van der Waals surface area contributed by atoms with E-state index in [0.717, 1.165) is 31.0 Å². The van der Waals surface area contributed by atoms with Crippen molar-refractivity contribution in [3.05, 3.63) is 23.5 Å². The minimum Gasteiger partial charge on any atom is -0.377 e. The van der Waals surface area contributed by atoms with Gasteiger partial charge in [0.2, 0.25) is 0 Å². The maximum atomic E-state index is 5.80. The van der Waals surface area contributed by atoms with Crippen molar-refractivity contribution in [1.29, 1.82) is 0 Å². The summed E-state index contributed by atoms with van der Waals surface area (Å²) < 4.78 is 5.55. The summed E-state index contributed by atoms with van der Waals surface area (Å²) in [4.78, 5) is 6.70. The van der Waals surface area contributed by atoms with Gasteiger partial charge in [-0.1, -0.05) is 0 Å². The molecule has 2 N–H and O–H groups in total. The Kier molecular flexibility index (Phi) is 3.35. The average Bonchev–Trinajstić information content (AvgIpc) is 2.28. The van der Waals surface area contributed by atoms with E-state index in [1.807, 2.05) is 13.1 Å². The molecule has 94 valence electrons. The highest BCUT2D eigenvalue weighted by atomic mass is 16.5. The lowest BCUT2D eigenvalue weighted by molar-refractivity contribution is 0.0643. The Bertz CT molecular complexity index is 404. The summed E-state index contributed by atoms with van der Waals surface area (Å²) in [7, 11) is 0. The van der Waals surface area contributed by atoms with Crippen LogP contribution in [0.3, 0.4) is 0 Å². The zero-order valence-corrected chi connectivity index (χ0v) is 10.9. The van der Waals surface area contributed by atoms with E-state index >= 15 is 0 Å². The molecule has 4 heteroatoms. The number of anilines is 1. The number of rotatable bonds is 2. The number of nitrogens with two attached hydrogens (primary N) is 1. The van der Waals surface area contributed by atoms with E-state index in [1.165, 1.54) is 5.69 Å². The van der Waals surface area contributed by atoms with Crippen LogP contribution in [0, 0.1) is 6.92 Å². The van der Waals surface area contributed by atoms with Gasteiger partial charge in [-0.3, -0.25) is 4.98 Å². The number of aromatic nitrogens is 1. The van der Waals surface area contributed by atoms with Crippen LogP contribution in [0.25, 0.3) is 0 Å². The first kappa shape index (κ1) is 12.3. The number of nitrogens with zero attached hydrogens (tertiary/aromatic N) is 2. The number of pyridine rings is 1. The summed E-state index contributed by atoms with van der Waals surface area (Å²) in [6, 6.07) is 2.12. The van der Waals surface area contributed by atoms with Gasteiger partial charge in [0.05, 0.1) is 18.8 Å². The second-order valence-corrected chi connectivity index (χ2v) is 5.18. The maximum Gasteiger partial charge on any atom is 0.0694 e. The molecule has 1 saturated heterocycles. The molecule has 1 aromatic heterocycles. The van der Waals surface area contributed by atoms with E-state index in [4.69, 9.17) is 10.5 Å². The third kappa shape index (κ3) is 2.42. The zero-order chi connectivity index (χ0) is 12.5. The Morgan fingerprint density at radius 3 is 2.94 bits per heavy atom. The number of hydrogen-bond donors (Lipinski definition) is 1. The molecule has 0 spiro atoms. The average molecular weight is 235 g/mol. The largest absolute Gasteiger partial charge is 0.377 e. The molecule has 0 radical (unpaired) electrons. The number of aryl methyl sites for hydroxylation is 1. The molecule has 2 rings (SSSR count). The highest BCUT2D eigenvalue weighted by molar-refractivity contribution is 5.56. The molecule has 0 aromatic carbocycles. The van der Waals surface area contributed by atoms with Crippen molar-refractivity contribution in [3.63, 3.8) is 0 Å². The van der Waals surface area contributed by atoms with Crippen LogP contribution >= 0.6 is 0 Å². The van der Waals surface area contributed by atoms with Crippen LogP contribution < -0.4 is 10.6 Å². The molecule has 4 nitrogen and oxygen atoms in total. The fraction of sp³-hybridized carbons (Fsp3) is 0.615. The first-order valence-electron chi connectivity index (χ1n) is 6.05. The van der Waals surface area contributed by atoms with Gasteiger partial charge in [-0.05, 0) is 26.8 Å². The summed E-state index contributed by atoms with van der Waals surface area (Å²) in [5.74, 6) is 0. The predicted molar refractivity (Wildman–Crippen MR) is 69.1 cm³/mol. The number of morpholine rings is 1. The Balaban J connectivity index is 2.40. The summed E-state index contributed by atoms with van der Waals surface area (Å²) >= 11 is 0. The lowest BCUT2D eigenvalue weighted by atomic mass is 10.00. The van der Waals surface area contributed by atoms with Crippen LogP contribution in [0.2, 0.25) is 0 Å². The van der Waals surface area contributed by atoms with Crippen LogP contribution in [0.15, 0.2) is 12.3 Å². The predicted octanol–water partition coefficient (Wildman–Crippen LogP) is 1.46. The van der Waals surface area contributed by atoms with Crippen molar-refractivity contribution in [1.82, 2.24) is 4.98 Å². The van der Waals surface area contributed by atoms with Crippen LogP contribution in [-0.4, -0.2) is 30.3 Å². The minimum atomic E-state index is 0.00988. The van der Waals surface area contributed by atoms with E-state index in [2.05, 4.69) is 29.8 Å². The molecule has 2 heterocycles. The topological polar surface area (TPSA) is 51.4 Å². The van der Waals surface area contributed by atoms with Crippen LogP contribution in [0.4, 0.5) is 5.69 Å². The standard InChI is InChI=1S/C13H21N3O/c1-10-6-12(11(7-14)8-15-10)16-4-5-17-9-13(16,2)3/h6,8H,4-5,7,9,14H2,1-3H3. The smallest absolute Gasteiger partial charge is 0.0694 e. The Labute approximate surface area is 103 Å². The molecule has 0 amide bonds. The fourth-order valence-electron chi connectivity index (χ4n) is 2.29. The quantitative estimate of drug-likeness (QED) is 0.843. The monoisotopic (exact) mass is 235 g/mol. The summed E-state index contributed by atoms with van der Waals surface area (Å²) in [6.45, 7) is 9.36. The molecule has 0 atom stereocenters. The number of ether oxygens (including phenoxy) is 1. The summed E-state index contributed by atoms with van der Waals surface area (Å²) in [5, 5.41) is 0. The highest BCUT2D eigenvalue weighted by Gasteiger charge is 2.31. The van der Waals surface area contributed by atoms with E-state index < -0.39 is 0 Å². The van der Waals surface area contributed by atoms with Crippen molar-refractivity contribution >= 4 is 5.69 Å². The normalized spacial score (nSPS) is 19.4. The zero-order valence-electron chi connectivity index (χ0n) is 10.9. The van der Waals surface area contributed by atoms with Crippen molar-refractivity contribution in [2.75, 3.05) is 24.7 Å². The van der Waals surface area contributed by atoms with Gasteiger partial charge in [-0.25, -0.2) is 0 Å². The SMILES string of the molecule is Cc1cc(N2CCOCC2(C)C)c(CN)cn1. The Morgan fingerprint density at radius 1 is 1.53 bits per heavy atom. The summed E-state index contributed by atoms with van der Waals surface area (Å²) in [5.41, 5.74) is 9.14. The molecule has 1 fully saturated rings. The van der Waals surface area contributed by atoms with Gasteiger partial charge in [-0.2, -0.15) is 0 Å². The maximum absolute atomic E-state index is 5.80. The van der Waals surface area contributed by atoms with Gasteiger partial charge in [0.1, 0.15) is 0 Å². The van der Waals surface area contributed by atoms with Gasteiger partial charge in [-0.15, -0.1) is 0 Å². The molecule has 1 aliphatic rings. The third-order valence-corrected chi connectivity index (χ3v) is 3.25. The van der Waals surface area contributed by atoms with Gasteiger partial charge < -0.3 is 15.4 Å². The second-order valence-electron chi connectivity index (χ2n) is 5.18. The van der Waals surface area contributed by atoms with Crippen LogP contribution in [0.5, 0.6) is 0 Å². The fourth-order valence-corrected chi connectivity index (χ4v) is 2.29. The highest BCUT2D eigenvalue weighted by Crippen LogP contribution is 2.29. The van der Waals surface area contributed by atoms with Gasteiger partial charge in [0.15, 0.2) is 0 Å². The molecule has 0 unspecified atom stereocenters. The first-order chi connectivity index (χ1) is 8.04. The van der Waals surface area contributed by atoms with Crippen LogP contribution in [0.1, 0.15) is 25.1 Å². The minimum absolute atomic E-state index is 0.00988. The van der Waals surface area contributed by atoms with Crippen molar-refractivity contribution in [3.8, 4) is 0 Å². The first-order valence-corrected chi connectivity index (χ1v) is 6.05. The molecule has 1 aliphatic heterocycles. The molecular formula is C13H21N3O. The molecule has 0 saturated carbocycles. The molecule has 0 bridgehead atoms. The van der Waals surface area contributed by atoms with Gasteiger partial charge in [0, 0.05) is 36.2 Å². The van der Waals surface area contributed by atoms with Gasteiger partial charge >= 0.3 is 0 Å². The molecule has 0 aliphatic carbocycles. The Hall–Kier alpha value is -1.13. The van der Waals surface area contributed by atoms with E-state index in [0.29, 0.717) is 6.54 Å². The van der Waals surface area contributed by atoms with Gasteiger partial charge in [0.25, 0.3) is 0 Å².